The first-order chi connectivity index (χ1) is 34.2. The lowest BCUT2D eigenvalue weighted by Gasteiger charge is -2.47. The van der Waals surface area contributed by atoms with E-state index in [-0.39, 0.29) is 6.71 Å². The number of fused-ring (bicyclic) bond motifs is 20. The van der Waals surface area contributed by atoms with Crippen molar-refractivity contribution in [2.45, 2.75) is 78.1 Å². The lowest BCUT2D eigenvalue weighted by molar-refractivity contribution is 0.679. The Kier molecular flexibility index (Phi) is 8.65. The van der Waals surface area contributed by atoms with Crippen LogP contribution in [0.1, 0.15) is 72.9 Å². The minimum atomic E-state index is 0.0986. The summed E-state index contributed by atoms with van der Waals surface area (Å²) in [4.78, 5) is 5.52. The molecule has 0 spiro atoms. The molecule has 0 saturated heterocycles. The third-order valence-electron chi connectivity index (χ3n) is 17.1. The highest BCUT2D eigenvalue weighted by Gasteiger charge is 2.46. The van der Waals surface area contributed by atoms with Crippen LogP contribution in [0.2, 0.25) is 0 Å². The Balaban J connectivity index is 1.09. The molecule has 0 atom stereocenters. The molecule has 2 nitrogen and oxygen atoms in total. The van der Waals surface area contributed by atoms with Gasteiger partial charge in [0.25, 0.3) is 6.71 Å². The number of nitrogens with zero attached hydrogens (tertiary/aromatic N) is 2. The van der Waals surface area contributed by atoms with E-state index in [0.29, 0.717) is 0 Å². The average molecular weight is 885 g/mol. The van der Waals surface area contributed by atoms with Crippen molar-refractivity contribution in [1.29, 1.82) is 0 Å². The SMILES string of the molecule is CCc1cc2c(c3c1CCCC3)N(c1ccc3c4ccccc4c4ccccc4c3c1)c1cccc3c1B2c1cc(CC)c2c(c1N3c1cccc3c4ccccc4c4ccccc4c13)CCCC2. The Morgan fingerprint density at radius 1 is 0.362 bits per heavy atom. The van der Waals surface area contributed by atoms with E-state index in [4.69, 9.17) is 0 Å². The normalized spacial score (nSPS) is 15.0. The Hall–Kier alpha value is -7.36. The Morgan fingerprint density at radius 2 is 0.754 bits per heavy atom. The van der Waals surface area contributed by atoms with Crippen molar-refractivity contribution in [2.24, 2.45) is 0 Å². The van der Waals surface area contributed by atoms with Gasteiger partial charge in [0.05, 0.1) is 5.69 Å². The van der Waals surface area contributed by atoms with Gasteiger partial charge < -0.3 is 9.80 Å². The van der Waals surface area contributed by atoms with Gasteiger partial charge in [-0.2, -0.15) is 0 Å². The molecule has 2 heterocycles. The fourth-order valence-corrected chi connectivity index (χ4v) is 14.3. The molecule has 330 valence electrons. The van der Waals surface area contributed by atoms with Gasteiger partial charge in [0, 0.05) is 33.8 Å². The number of hydrogen-bond donors (Lipinski definition) is 0. The van der Waals surface area contributed by atoms with Crippen LogP contribution in [0.15, 0.2) is 164 Å². The first-order valence-electron chi connectivity index (χ1n) is 25.9. The summed E-state index contributed by atoms with van der Waals surface area (Å²) in [6, 6.07) is 63.6. The summed E-state index contributed by atoms with van der Waals surface area (Å²) in [5.74, 6) is 0. The lowest BCUT2D eigenvalue weighted by Crippen LogP contribution is -2.62. The molecule has 0 amide bonds. The minimum Gasteiger partial charge on any atom is -0.311 e. The van der Waals surface area contributed by atoms with Crippen molar-refractivity contribution in [2.75, 3.05) is 9.80 Å². The average Bonchev–Trinajstić information content (AvgIpc) is 3.42. The van der Waals surface area contributed by atoms with Crippen LogP contribution < -0.4 is 26.2 Å². The van der Waals surface area contributed by atoms with Crippen molar-refractivity contribution < 1.29 is 0 Å². The van der Waals surface area contributed by atoms with E-state index in [1.54, 1.807) is 33.4 Å². The second-order valence-corrected chi connectivity index (χ2v) is 20.4. The van der Waals surface area contributed by atoms with Crippen LogP contribution in [0.5, 0.6) is 0 Å². The molecule has 2 aliphatic carbocycles. The molecule has 2 aliphatic heterocycles. The summed E-state index contributed by atoms with van der Waals surface area (Å²) in [5.41, 5.74) is 21.9. The highest BCUT2D eigenvalue weighted by Crippen LogP contribution is 2.52. The van der Waals surface area contributed by atoms with Crippen LogP contribution >= 0.6 is 0 Å². The van der Waals surface area contributed by atoms with Crippen molar-refractivity contribution in [3.05, 3.63) is 197 Å². The Labute approximate surface area is 404 Å². The Morgan fingerprint density at radius 3 is 1.28 bits per heavy atom. The van der Waals surface area contributed by atoms with Gasteiger partial charge in [-0.1, -0.05) is 147 Å². The molecule has 0 aromatic heterocycles. The zero-order valence-electron chi connectivity index (χ0n) is 39.6. The number of anilines is 6. The van der Waals surface area contributed by atoms with Crippen LogP contribution in [0.3, 0.4) is 0 Å². The molecule has 3 heteroatoms. The number of aryl methyl sites for hydroxylation is 2. The number of rotatable bonds is 4. The molecule has 0 N–H and O–H groups in total. The van der Waals surface area contributed by atoms with Gasteiger partial charge in [-0.05, 0) is 204 Å². The zero-order chi connectivity index (χ0) is 45.5. The van der Waals surface area contributed by atoms with Crippen LogP contribution in [-0.2, 0) is 38.5 Å². The smallest absolute Gasteiger partial charge is 0.252 e. The van der Waals surface area contributed by atoms with Crippen molar-refractivity contribution in [1.82, 2.24) is 0 Å². The third kappa shape index (κ3) is 5.45. The predicted octanol–water partition coefficient (Wildman–Crippen LogP) is 15.6. The highest BCUT2D eigenvalue weighted by atomic mass is 15.2. The molecule has 0 radical (unpaired) electrons. The topological polar surface area (TPSA) is 6.48 Å². The molecular formula is C66H53BN2. The number of hydrogen-bond acceptors (Lipinski definition) is 2. The maximum atomic E-state index is 2.78. The highest BCUT2D eigenvalue weighted by molar-refractivity contribution is 7.00. The summed E-state index contributed by atoms with van der Waals surface area (Å²) >= 11 is 0. The van der Waals surface area contributed by atoms with Crippen molar-refractivity contribution >= 4 is 122 Å². The quantitative estimate of drug-likeness (QED) is 0.128. The second-order valence-electron chi connectivity index (χ2n) is 20.4. The van der Waals surface area contributed by atoms with Crippen LogP contribution in [-0.4, -0.2) is 6.71 Å². The second kappa shape index (κ2) is 15.1. The lowest BCUT2D eigenvalue weighted by atomic mass is 9.32. The van der Waals surface area contributed by atoms with E-state index in [1.807, 2.05) is 0 Å². The molecule has 0 saturated carbocycles. The summed E-state index contributed by atoms with van der Waals surface area (Å²) < 4.78 is 0. The largest absolute Gasteiger partial charge is 0.311 e. The molecule has 11 aromatic rings. The zero-order valence-corrected chi connectivity index (χ0v) is 39.6. The van der Waals surface area contributed by atoms with Gasteiger partial charge >= 0.3 is 0 Å². The van der Waals surface area contributed by atoms with E-state index in [2.05, 4.69) is 187 Å². The molecule has 0 fully saturated rings. The predicted molar refractivity (Wildman–Crippen MR) is 298 cm³/mol. The fraction of sp³-hybridized carbons (Fsp3) is 0.182. The monoisotopic (exact) mass is 884 g/mol. The molecular weight excluding hydrogens is 832 g/mol. The fourth-order valence-electron chi connectivity index (χ4n) is 14.3. The van der Waals surface area contributed by atoms with Gasteiger partial charge in [0.1, 0.15) is 0 Å². The van der Waals surface area contributed by atoms with Crippen LogP contribution in [0.4, 0.5) is 34.1 Å². The molecule has 69 heavy (non-hydrogen) atoms. The summed E-state index contributed by atoms with van der Waals surface area (Å²) in [7, 11) is 0. The first kappa shape index (κ1) is 39.6. The molecule has 11 aromatic carbocycles. The van der Waals surface area contributed by atoms with Gasteiger partial charge in [0.2, 0.25) is 0 Å². The molecule has 0 bridgehead atoms. The standard InChI is InChI=1S/C66H53BN2/c1-3-40-37-58-65(55-29-15-5-19-43(40)55)68(42-35-36-52-47-23-8-7-21-45(47)46-22-10-12-27-51(46)57(52)39-42)61-33-18-34-62-64(61)67(58)59-38-41(4-2)44-20-6-16-30-56(44)66(59)69(62)60-32-17-31-54-50-25-11-9-24-48(50)49-26-13-14-28-53(49)63(54)60/h7-14,17-18,21-28,31-39H,3-6,15-16,19-20,29-30H2,1-2H3. The van der Waals surface area contributed by atoms with E-state index >= 15 is 0 Å². The Bertz CT molecular complexity index is 3950. The van der Waals surface area contributed by atoms with Crippen molar-refractivity contribution in [3.8, 4) is 0 Å². The third-order valence-corrected chi connectivity index (χ3v) is 17.1. The van der Waals surface area contributed by atoms with Crippen LogP contribution in [0.25, 0.3) is 64.6 Å². The van der Waals surface area contributed by atoms with E-state index < -0.39 is 0 Å². The van der Waals surface area contributed by atoms with Gasteiger partial charge in [-0.3, -0.25) is 0 Å². The maximum Gasteiger partial charge on any atom is 0.252 e. The van der Waals surface area contributed by atoms with Crippen LogP contribution in [0, 0.1) is 0 Å². The van der Waals surface area contributed by atoms with E-state index in [9.17, 15) is 0 Å². The molecule has 0 unspecified atom stereocenters. The molecule has 4 aliphatic rings. The summed E-state index contributed by atoms with van der Waals surface area (Å²) in [5, 5.41) is 15.8. The van der Waals surface area contributed by atoms with Crippen molar-refractivity contribution in [3.63, 3.8) is 0 Å². The first-order valence-corrected chi connectivity index (χ1v) is 25.9. The maximum absolute atomic E-state index is 2.78. The summed E-state index contributed by atoms with van der Waals surface area (Å²) in [6.07, 6.45) is 11.6. The van der Waals surface area contributed by atoms with Gasteiger partial charge in [-0.25, -0.2) is 0 Å². The summed E-state index contributed by atoms with van der Waals surface area (Å²) in [6.45, 7) is 4.89. The van der Waals surface area contributed by atoms with E-state index in [1.165, 1.54) is 141 Å². The van der Waals surface area contributed by atoms with Gasteiger partial charge in [0.15, 0.2) is 0 Å². The minimum absolute atomic E-state index is 0.0986. The molecule has 15 rings (SSSR count). The van der Waals surface area contributed by atoms with E-state index in [0.717, 1.165) is 38.5 Å². The van der Waals surface area contributed by atoms with Gasteiger partial charge in [-0.15, -0.1) is 0 Å². The number of benzene rings is 11.